The zero-order chi connectivity index (χ0) is 18.6. The van der Waals surface area contributed by atoms with Gasteiger partial charge in [-0.2, -0.15) is 14.6 Å². The Bertz CT molecular complexity index is 774. The Kier molecular flexibility index (Phi) is 5.56. The molecule has 0 aliphatic carbocycles. The highest BCUT2D eigenvalue weighted by atomic mass is 19.1. The van der Waals surface area contributed by atoms with E-state index >= 15 is 0 Å². The average Bonchev–Trinajstić information content (AvgIpc) is 2.78. The molecule has 2 aromatic rings. The van der Waals surface area contributed by atoms with Crippen molar-refractivity contribution < 1.29 is 13.9 Å². The van der Waals surface area contributed by atoms with Crippen molar-refractivity contribution in [3.05, 3.63) is 47.0 Å². The summed E-state index contributed by atoms with van der Waals surface area (Å²) >= 11 is 0. The van der Waals surface area contributed by atoms with Crippen LogP contribution in [-0.4, -0.2) is 28.5 Å². The molecule has 0 fully saturated rings. The average molecular weight is 346 g/mol. The first kappa shape index (κ1) is 18.6. The quantitative estimate of drug-likeness (QED) is 0.668. The van der Waals surface area contributed by atoms with E-state index in [9.17, 15) is 9.18 Å². The number of hydrogen-bond acceptors (Lipinski definition) is 4. The second kappa shape index (κ2) is 7.46. The lowest BCUT2D eigenvalue weighted by Crippen LogP contribution is -2.24. The molecule has 2 rings (SSSR count). The van der Waals surface area contributed by atoms with Crippen LogP contribution < -0.4 is 10.2 Å². The van der Waals surface area contributed by atoms with Crippen LogP contribution >= 0.6 is 0 Å². The number of benzene rings is 1. The molecule has 0 saturated heterocycles. The molecule has 1 N–H and O–H groups in total. The van der Waals surface area contributed by atoms with Gasteiger partial charge in [-0.05, 0) is 30.0 Å². The van der Waals surface area contributed by atoms with Gasteiger partial charge in [0.05, 0.1) is 17.5 Å². The molecule has 6 nitrogen and oxygen atoms in total. The Morgan fingerprint density at radius 1 is 1.36 bits per heavy atom. The van der Waals surface area contributed by atoms with Gasteiger partial charge in [-0.15, -0.1) is 0 Å². The molecule has 0 unspecified atom stereocenters. The van der Waals surface area contributed by atoms with E-state index in [1.807, 2.05) is 24.3 Å². The Morgan fingerprint density at radius 3 is 2.52 bits per heavy atom. The Labute approximate surface area is 146 Å². The van der Waals surface area contributed by atoms with Crippen LogP contribution in [0, 0.1) is 12.9 Å². The molecule has 1 aromatic heterocycles. The van der Waals surface area contributed by atoms with Crippen molar-refractivity contribution in [3.63, 3.8) is 0 Å². The highest BCUT2D eigenvalue weighted by Crippen LogP contribution is 2.24. The Balaban J connectivity index is 1.85. The van der Waals surface area contributed by atoms with Gasteiger partial charge in [0.15, 0.2) is 6.61 Å². The van der Waals surface area contributed by atoms with E-state index in [4.69, 9.17) is 4.74 Å². The van der Waals surface area contributed by atoms with Gasteiger partial charge in [-0.3, -0.25) is 4.79 Å². The number of aryl methyl sites for hydroxylation is 2. The number of nitrogens with one attached hydrogen (secondary N) is 1. The number of amides is 1. The van der Waals surface area contributed by atoms with E-state index in [1.54, 1.807) is 6.92 Å². The number of ether oxygens (including phenoxy) is 1. The van der Waals surface area contributed by atoms with Gasteiger partial charge < -0.3 is 4.74 Å². The molecule has 134 valence electrons. The van der Waals surface area contributed by atoms with Gasteiger partial charge in [-0.25, -0.2) is 10.1 Å². The molecule has 0 radical (unpaired) electrons. The van der Waals surface area contributed by atoms with Gasteiger partial charge in [0, 0.05) is 7.05 Å². The maximum Gasteiger partial charge on any atom is 0.277 e. The largest absolute Gasteiger partial charge is 0.484 e. The SMILES string of the molecule is Cc1nn(C)c(F)c1/C=N\NC(=O)COc1ccc(C(C)(C)C)cc1. The lowest BCUT2D eigenvalue weighted by molar-refractivity contribution is -0.123. The van der Waals surface area contributed by atoms with Gasteiger partial charge >= 0.3 is 0 Å². The monoisotopic (exact) mass is 346 g/mol. The first-order chi connectivity index (χ1) is 11.7. The molecular formula is C18H23FN4O2. The number of hydrogen-bond donors (Lipinski definition) is 1. The van der Waals surface area contributed by atoms with Crippen LogP contribution in [0.15, 0.2) is 29.4 Å². The maximum atomic E-state index is 13.7. The van der Waals surface area contributed by atoms with E-state index < -0.39 is 11.9 Å². The van der Waals surface area contributed by atoms with Crippen LogP contribution in [0.2, 0.25) is 0 Å². The minimum atomic E-state index is -0.509. The van der Waals surface area contributed by atoms with Gasteiger partial charge in [0.1, 0.15) is 5.75 Å². The minimum Gasteiger partial charge on any atom is -0.484 e. The van der Waals surface area contributed by atoms with Crippen molar-refractivity contribution in [1.82, 2.24) is 15.2 Å². The summed E-state index contributed by atoms with van der Waals surface area (Å²) in [6, 6.07) is 7.59. The van der Waals surface area contributed by atoms with Gasteiger partial charge in [0.2, 0.25) is 5.95 Å². The fourth-order valence-corrected chi connectivity index (χ4v) is 2.19. The molecule has 1 amide bonds. The van der Waals surface area contributed by atoms with Crippen molar-refractivity contribution in [1.29, 1.82) is 0 Å². The first-order valence-corrected chi connectivity index (χ1v) is 7.93. The normalized spacial score (nSPS) is 11.8. The molecule has 0 spiro atoms. The number of carbonyl (C=O) groups excluding carboxylic acids is 1. The van der Waals surface area contributed by atoms with Crippen LogP contribution in [-0.2, 0) is 17.3 Å². The van der Waals surface area contributed by atoms with E-state index in [0.717, 1.165) is 4.68 Å². The molecule has 1 heterocycles. The van der Waals surface area contributed by atoms with E-state index in [1.165, 1.54) is 18.8 Å². The summed E-state index contributed by atoms with van der Waals surface area (Å²) in [4.78, 5) is 11.7. The lowest BCUT2D eigenvalue weighted by Gasteiger charge is -2.19. The number of aromatic nitrogens is 2. The van der Waals surface area contributed by atoms with Crippen molar-refractivity contribution in [2.24, 2.45) is 12.1 Å². The summed E-state index contributed by atoms with van der Waals surface area (Å²) in [5, 5.41) is 7.66. The second-order valence-electron chi connectivity index (χ2n) is 6.77. The third-order valence-corrected chi connectivity index (χ3v) is 3.67. The zero-order valence-electron chi connectivity index (χ0n) is 15.1. The number of nitrogens with zero attached hydrogens (tertiary/aromatic N) is 3. The molecule has 0 atom stereocenters. The number of rotatable bonds is 5. The van der Waals surface area contributed by atoms with Crippen molar-refractivity contribution in [3.8, 4) is 5.75 Å². The van der Waals surface area contributed by atoms with Gasteiger partial charge in [0.25, 0.3) is 5.91 Å². The molecule has 0 aliphatic rings. The summed E-state index contributed by atoms with van der Waals surface area (Å²) in [6.45, 7) is 7.86. The summed E-state index contributed by atoms with van der Waals surface area (Å²) in [7, 11) is 1.50. The molecule has 0 bridgehead atoms. The molecule has 25 heavy (non-hydrogen) atoms. The minimum absolute atomic E-state index is 0.0598. The predicted octanol–water partition coefficient (Wildman–Crippen LogP) is 2.69. The third kappa shape index (κ3) is 4.89. The fourth-order valence-electron chi connectivity index (χ4n) is 2.19. The number of halogens is 1. The molecular weight excluding hydrogens is 323 g/mol. The van der Waals surface area contributed by atoms with E-state index in [0.29, 0.717) is 11.4 Å². The van der Waals surface area contributed by atoms with Crippen LogP contribution in [0.4, 0.5) is 4.39 Å². The summed E-state index contributed by atoms with van der Waals surface area (Å²) < 4.78 is 20.2. The predicted molar refractivity (Wildman–Crippen MR) is 94.3 cm³/mol. The van der Waals surface area contributed by atoms with Gasteiger partial charge in [-0.1, -0.05) is 32.9 Å². The maximum absolute atomic E-state index is 13.7. The van der Waals surface area contributed by atoms with Crippen molar-refractivity contribution >= 4 is 12.1 Å². The summed E-state index contributed by atoms with van der Waals surface area (Å²) in [5.41, 5.74) is 4.28. The zero-order valence-corrected chi connectivity index (χ0v) is 15.1. The van der Waals surface area contributed by atoms with Crippen molar-refractivity contribution in [2.75, 3.05) is 6.61 Å². The Morgan fingerprint density at radius 2 is 2.00 bits per heavy atom. The highest BCUT2D eigenvalue weighted by molar-refractivity contribution is 5.83. The Hall–Kier alpha value is -2.70. The summed E-state index contributed by atoms with van der Waals surface area (Å²) in [5.74, 6) is -0.343. The van der Waals surface area contributed by atoms with Crippen LogP contribution in [0.3, 0.4) is 0 Å². The number of hydrazone groups is 1. The highest BCUT2D eigenvalue weighted by Gasteiger charge is 2.13. The molecule has 0 aliphatic heterocycles. The third-order valence-electron chi connectivity index (χ3n) is 3.67. The first-order valence-electron chi connectivity index (χ1n) is 7.93. The topological polar surface area (TPSA) is 68.5 Å². The summed E-state index contributed by atoms with van der Waals surface area (Å²) in [6.07, 6.45) is 1.23. The van der Waals surface area contributed by atoms with Crippen LogP contribution in [0.5, 0.6) is 5.75 Å². The van der Waals surface area contributed by atoms with E-state index in [2.05, 4.69) is 36.4 Å². The standard InChI is InChI=1S/C18H23FN4O2/c1-12-15(17(19)23(5)22-12)10-20-21-16(24)11-25-14-8-6-13(7-9-14)18(2,3)4/h6-10H,11H2,1-5H3,(H,21,24)/b20-10-. The number of carbonyl (C=O) groups is 1. The smallest absolute Gasteiger partial charge is 0.277 e. The molecule has 1 aromatic carbocycles. The molecule has 7 heteroatoms. The lowest BCUT2D eigenvalue weighted by atomic mass is 9.87. The van der Waals surface area contributed by atoms with Crippen molar-refractivity contribution in [2.45, 2.75) is 33.1 Å². The van der Waals surface area contributed by atoms with Crippen LogP contribution in [0.1, 0.15) is 37.6 Å². The molecule has 0 saturated carbocycles. The second-order valence-corrected chi connectivity index (χ2v) is 6.77. The van der Waals surface area contributed by atoms with Crippen LogP contribution in [0.25, 0.3) is 0 Å². The van der Waals surface area contributed by atoms with E-state index in [-0.39, 0.29) is 17.6 Å². The fraction of sp³-hybridized carbons (Fsp3) is 0.389.